The summed E-state index contributed by atoms with van der Waals surface area (Å²) in [5.41, 5.74) is 2.23. The zero-order valence-electron chi connectivity index (χ0n) is 11.3. The van der Waals surface area contributed by atoms with Crippen LogP contribution in [0.25, 0.3) is 16.7 Å². The minimum absolute atomic E-state index is 0.701. The predicted molar refractivity (Wildman–Crippen MR) is 80.2 cm³/mol. The molecule has 0 saturated heterocycles. The molecule has 5 nitrogen and oxygen atoms in total. The van der Waals surface area contributed by atoms with Crippen LogP contribution in [-0.2, 0) is 6.54 Å². The van der Waals surface area contributed by atoms with Gasteiger partial charge in [-0.15, -0.1) is 5.10 Å². The van der Waals surface area contributed by atoms with E-state index < -0.39 is 0 Å². The lowest BCUT2D eigenvalue weighted by Crippen LogP contribution is -2.00. The fourth-order valence-electron chi connectivity index (χ4n) is 2.39. The van der Waals surface area contributed by atoms with Crippen LogP contribution in [0.4, 0.5) is 0 Å². The highest BCUT2D eigenvalue weighted by molar-refractivity contribution is 5.79. The number of rotatable bonds is 3. The second kappa shape index (κ2) is 4.86. The molecular formula is C16H13N5. The van der Waals surface area contributed by atoms with E-state index in [1.165, 1.54) is 5.56 Å². The van der Waals surface area contributed by atoms with E-state index in [-0.39, 0.29) is 0 Å². The molecule has 2 heterocycles. The predicted octanol–water partition coefficient (Wildman–Crippen LogP) is 2.67. The standard InChI is InChI=1S/C16H13N5/c1-2-6-13(7-3-1)11-20-12-16(18-19-20)21-15-9-5-4-8-14(15)10-17-21/h1-10,12H,11H2. The summed E-state index contributed by atoms with van der Waals surface area (Å²) in [5, 5.41) is 13.9. The summed E-state index contributed by atoms with van der Waals surface area (Å²) in [5.74, 6) is 0.729. The molecule has 0 amide bonds. The van der Waals surface area contributed by atoms with Crippen molar-refractivity contribution in [3.05, 3.63) is 72.6 Å². The van der Waals surface area contributed by atoms with Crippen molar-refractivity contribution in [2.45, 2.75) is 6.54 Å². The minimum atomic E-state index is 0.701. The molecule has 102 valence electrons. The van der Waals surface area contributed by atoms with Crippen LogP contribution in [0, 0.1) is 0 Å². The zero-order chi connectivity index (χ0) is 14.1. The van der Waals surface area contributed by atoms with Gasteiger partial charge in [0.1, 0.15) is 0 Å². The molecule has 2 aromatic carbocycles. The largest absolute Gasteiger partial charge is 0.246 e. The van der Waals surface area contributed by atoms with Gasteiger partial charge < -0.3 is 0 Å². The molecule has 4 rings (SSSR count). The number of fused-ring (bicyclic) bond motifs is 1. The SMILES string of the molecule is c1ccc(Cn2cc(-n3ncc4ccccc43)nn2)cc1. The second-order valence-electron chi connectivity index (χ2n) is 4.88. The fourth-order valence-corrected chi connectivity index (χ4v) is 2.39. The molecule has 5 heteroatoms. The van der Waals surface area contributed by atoms with Gasteiger partial charge in [0.2, 0.25) is 0 Å². The Morgan fingerprint density at radius 3 is 2.62 bits per heavy atom. The van der Waals surface area contributed by atoms with Gasteiger partial charge in [0.25, 0.3) is 0 Å². The number of hydrogen-bond acceptors (Lipinski definition) is 3. The molecular weight excluding hydrogens is 262 g/mol. The maximum atomic E-state index is 4.39. The van der Waals surface area contributed by atoms with E-state index in [4.69, 9.17) is 0 Å². The lowest BCUT2D eigenvalue weighted by Gasteiger charge is -1.99. The van der Waals surface area contributed by atoms with E-state index >= 15 is 0 Å². The number of para-hydroxylation sites is 1. The Morgan fingerprint density at radius 2 is 1.71 bits per heavy atom. The summed E-state index contributed by atoms with van der Waals surface area (Å²) in [6.07, 6.45) is 3.75. The van der Waals surface area contributed by atoms with Crippen LogP contribution in [0.3, 0.4) is 0 Å². The maximum absolute atomic E-state index is 4.39. The van der Waals surface area contributed by atoms with Crippen molar-refractivity contribution in [1.82, 2.24) is 24.8 Å². The van der Waals surface area contributed by atoms with E-state index in [9.17, 15) is 0 Å². The Morgan fingerprint density at radius 1 is 0.905 bits per heavy atom. The van der Waals surface area contributed by atoms with Gasteiger partial charge in [0.05, 0.1) is 24.5 Å². The molecule has 0 radical (unpaired) electrons. The third-order valence-corrected chi connectivity index (χ3v) is 3.41. The van der Waals surface area contributed by atoms with Crippen molar-refractivity contribution in [2.75, 3.05) is 0 Å². The summed E-state index contributed by atoms with van der Waals surface area (Å²) in [7, 11) is 0. The highest BCUT2D eigenvalue weighted by atomic mass is 15.5. The van der Waals surface area contributed by atoms with Crippen molar-refractivity contribution in [3.8, 4) is 5.82 Å². The third-order valence-electron chi connectivity index (χ3n) is 3.41. The molecule has 0 N–H and O–H groups in total. The molecule has 0 saturated carbocycles. The van der Waals surface area contributed by atoms with Gasteiger partial charge in [0.15, 0.2) is 5.82 Å². The summed E-state index contributed by atoms with van der Waals surface area (Å²) in [6, 6.07) is 18.3. The Kier molecular flexibility index (Phi) is 2.74. The van der Waals surface area contributed by atoms with Gasteiger partial charge in [-0.2, -0.15) is 5.10 Å². The van der Waals surface area contributed by atoms with Crippen molar-refractivity contribution in [3.63, 3.8) is 0 Å². The molecule has 0 unspecified atom stereocenters. The van der Waals surface area contributed by atoms with Gasteiger partial charge in [-0.05, 0) is 11.6 Å². The first-order chi connectivity index (χ1) is 10.4. The molecule has 0 atom stereocenters. The molecule has 0 fully saturated rings. The van der Waals surface area contributed by atoms with Gasteiger partial charge in [0, 0.05) is 5.39 Å². The highest BCUT2D eigenvalue weighted by Gasteiger charge is 2.08. The van der Waals surface area contributed by atoms with Gasteiger partial charge in [-0.1, -0.05) is 53.7 Å². The van der Waals surface area contributed by atoms with Crippen LogP contribution in [0.15, 0.2) is 67.0 Å². The Bertz CT molecular complexity index is 876. The number of nitrogens with zero attached hydrogens (tertiary/aromatic N) is 5. The van der Waals surface area contributed by atoms with E-state index in [0.29, 0.717) is 6.54 Å². The molecule has 0 bridgehead atoms. The van der Waals surface area contributed by atoms with Gasteiger partial charge in [-0.3, -0.25) is 0 Å². The Balaban J connectivity index is 1.68. The van der Waals surface area contributed by atoms with E-state index in [0.717, 1.165) is 16.7 Å². The molecule has 2 aromatic heterocycles. The fraction of sp³-hybridized carbons (Fsp3) is 0.0625. The molecule has 0 spiro atoms. The minimum Gasteiger partial charge on any atom is -0.246 e. The molecule has 0 aliphatic carbocycles. The lowest BCUT2D eigenvalue weighted by molar-refractivity contribution is 0.649. The maximum Gasteiger partial charge on any atom is 0.196 e. The van der Waals surface area contributed by atoms with Crippen LogP contribution in [0.1, 0.15) is 5.56 Å². The smallest absolute Gasteiger partial charge is 0.196 e. The van der Waals surface area contributed by atoms with Crippen LogP contribution in [0.5, 0.6) is 0 Å². The van der Waals surface area contributed by atoms with Crippen LogP contribution >= 0.6 is 0 Å². The van der Waals surface area contributed by atoms with E-state index in [1.807, 2.05) is 64.2 Å². The van der Waals surface area contributed by atoms with Crippen LogP contribution in [0.2, 0.25) is 0 Å². The van der Waals surface area contributed by atoms with Crippen LogP contribution in [-0.4, -0.2) is 24.8 Å². The first-order valence-electron chi connectivity index (χ1n) is 6.77. The van der Waals surface area contributed by atoms with Crippen LogP contribution < -0.4 is 0 Å². The van der Waals surface area contributed by atoms with Crippen molar-refractivity contribution < 1.29 is 0 Å². The molecule has 0 aliphatic heterocycles. The van der Waals surface area contributed by atoms with Gasteiger partial charge >= 0.3 is 0 Å². The highest BCUT2D eigenvalue weighted by Crippen LogP contribution is 2.16. The quantitative estimate of drug-likeness (QED) is 0.577. The molecule has 4 aromatic rings. The zero-order valence-corrected chi connectivity index (χ0v) is 11.3. The van der Waals surface area contributed by atoms with Crippen molar-refractivity contribution in [2.24, 2.45) is 0 Å². The summed E-state index contributed by atoms with van der Waals surface area (Å²) >= 11 is 0. The monoisotopic (exact) mass is 275 g/mol. The number of benzene rings is 2. The third kappa shape index (κ3) is 2.18. The summed E-state index contributed by atoms with van der Waals surface area (Å²) in [6.45, 7) is 0.701. The summed E-state index contributed by atoms with van der Waals surface area (Å²) in [4.78, 5) is 0. The first-order valence-corrected chi connectivity index (χ1v) is 6.77. The lowest BCUT2D eigenvalue weighted by atomic mass is 10.2. The second-order valence-corrected chi connectivity index (χ2v) is 4.88. The number of hydrogen-bond donors (Lipinski definition) is 0. The Hall–Kier alpha value is -2.95. The van der Waals surface area contributed by atoms with Crippen molar-refractivity contribution >= 4 is 10.9 Å². The average Bonchev–Trinajstić information content (AvgIpc) is 3.14. The Labute approximate surface area is 121 Å². The van der Waals surface area contributed by atoms with E-state index in [1.54, 1.807) is 0 Å². The van der Waals surface area contributed by atoms with Gasteiger partial charge in [-0.25, -0.2) is 9.36 Å². The first kappa shape index (κ1) is 11.8. The average molecular weight is 275 g/mol. The molecule has 21 heavy (non-hydrogen) atoms. The van der Waals surface area contributed by atoms with E-state index in [2.05, 4.69) is 27.5 Å². The number of aromatic nitrogens is 5. The normalized spacial score (nSPS) is 11.0. The summed E-state index contributed by atoms with van der Waals surface area (Å²) < 4.78 is 3.63. The topological polar surface area (TPSA) is 48.5 Å². The molecule has 0 aliphatic rings. The van der Waals surface area contributed by atoms with Crippen molar-refractivity contribution in [1.29, 1.82) is 0 Å².